The maximum atomic E-state index is 13.0. The number of hydrogen-bond donors (Lipinski definition) is 1. The lowest BCUT2D eigenvalue weighted by Gasteiger charge is -2.25. The average molecular weight is 344 g/mol. The Hall–Kier alpha value is -3.36. The molecular weight excluding hydrogens is 331 g/mol. The van der Waals surface area contributed by atoms with Crippen LogP contribution in [-0.2, 0) is 14.4 Å². The third-order valence-corrected chi connectivity index (χ3v) is 3.88. The third-order valence-electron chi connectivity index (χ3n) is 3.88. The molecule has 2 heterocycles. The Balaban J connectivity index is 1.92. The van der Waals surface area contributed by atoms with E-state index in [9.17, 15) is 23.6 Å². The van der Waals surface area contributed by atoms with Gasteiger partial charge in [-0.1, -0.05) is 0 Å². The summed E-state index contributed by atoms with van der Waals surface area (Å²) in [6, 6.07) is 4.33. The zero-order valence-corrected chi connectivity index (χ0v) is 13.3. The number of nitrogens with one attached hydrogen (secondary N) is 1. The van der Waals surface area contributed by atoms with Crippen LogP contribution in [0.15, 0.2) is 41.0 Å². The van der Waals surface area contributed by atoms with Gasteiger partial charge in [0.2, 0.25) is 11.8 Å². The lowest BCUT2D eigenvalue weighted by atomic mass is 9.99. The van der Waals surface area contributed by atoms with Crippen LogP contribution in [-0.4, -0.2) is 41.4 Å². The fourth-order valence-corrected chi connectivity index (χ4v) is 2.47. The van der Waals surface area contributed by atoms with E-state index in [-0.39, 0.29) is 5.57 Å². The van der Waals surface area contributed by atoms with Crippen molar-refractivity contribution in [2.24, 2.45) is 11.0 Å². The van der Waals surface area contributed by atoms with E-state index in [1.54, 1.807) is 6.92 Å². The highest BCUT2D eigenvalue weighted by atomic mass is 19.1. The van der Waals surface area contributed by atoms with Crippen LogP contribution in [0.25, 0.3) is 0 Å². The van der Waals surface area contributed by atoms with Crippen LogP contribution >= 0.6 is 0 Å². The first-order valence-electron chi connectivity index (χ1n) is 7.29. The maximum Gasteiger partial charge on any atom is 0.330 e. The van der Waals surface area contributed by atoms with Crippen LogP contribution in [0, 0.1) is 11.7 Å². The molecular formula is C16H13FN4O4. The summed E-state index contributed by atoms with van der Waals surface area (Å²) in [5, 5.41) is 7.18. The molecule has 1 aromatic carbocycles. The van der Waals surface area contributed by atoms with Gasteiger partial charge in [-0.05, 0) is 37.3 Å². The number of benzene rings is 1. The molecule has 0 bridgehead atoms. The zero-order chi connectivity index (χ0) is 18.3. The molecule has 5 amide bonds. The van der Waals surface area contributed by atoms with E-state index in [0.717, 1.165) is 9.91 Å². The van der Waals surface area contributed by atoms with Gasteiger partial charge in [-0.15, -0.1) is 0 Å². The number of amides is 5. The predicted molar refractivity (Wildman–Crippen MR) is 84.9 cm³/mol. The summed E-state index contributed by atoms with van der Waals surface area (Å²) in [5.74, 6) is -3.85. The molecule has 3 rings (SSSR count). The normalized spacial score (nSPS) is 22.6. The highest BCUT2D eigenvalue weighted by Gasteiger charge is 2.39. The van der Waals surface area contributed by atoms with E-state index < -0.39 is 35.5 Å². The number of imide groups is 2. The fraction of sp³-hybridized carbons (Fsp3) is 0.188. The van der Waals surface area contributed by atoms with E-state index in [1.807, 2.05) is 5.32 Å². The standard InChI is InChI=1S/C16H13FN4O4/c1-8-11(7-12-13(22)18-16(25)20(2)14(12)23)15(24)21(19-8)10-5-3-9(17)4-6-10/h3-7,12H,1-2H3,(H,18,22,25)/b11-7-. The Bertz CT molecular complexity index is 859. The van der Waals surface area contributed by atoms with E-state index in [2.05, 4.69) is 5.10 Å². The second kappa shape index (κ2) is 5.93. The fourth-order valence-electron chi connectivity index (χ4n) is 2.47. The molecule has 9 heteroatoms. The van der Waals surface area contributed by atoms with E-state index in [1.165, 1.54) is 37.4 Å². The zero-order valence-electron chi connectivity index (χ0n) is 13.3. The summed E-state index contributed by atoms with van der Waals surface area (Å²) < 4.78 is 13.0. The summed E-state index contributed by atoms with van der Waals surface area (Å²) in [6.07, 6.45) is 1.19. The van der Waals surface area contributed by atoms with Crippen LogP contribution in [0.3, 0.4) is 0 Å². The second-order valence-electron chi connectivity index (χ2n) is 5.53. The molecule has 1 aromatic rings. The smallest absolute Gasteiger partial charge is 0.277 e. The minimum atomic E-state index is -1.31. The molecule has 1 atom stereocenters. The lowest BCUT2D eigenvalue weighted by Crippen LogP contribution is -2.55. The molecule has 2 aliphatic heterocycles. The summed E-state index contributed by atoms with van der Waals surface area (Å²) >= 11 is 0. The molecule has 1 saturated heterocycles. The van der Waals surface area contributed by atoms with Crippen molar-refractivity contribution in [2.45, 2.75) is 6.92 Å². The van der Waals surface area contributed by atoms with Crippen molar-refractivity contribution in [1.29, 1.82) is 0 Å². The van der Waals surface area contributed by atoms with Gasteiger partial charge in [-0.25, -0.2) is 9.18 Å². The van der Waals surface area contributed by atoms with Crippen molar-refractivity contribution in [3.05, 3.63) is 41.7 Å². The van der Waals surface area contributed by atoms with E-state index >= 15 is 0 Å². The van der Waals surface area contributed by atoms with Gasteiger partial charge in [0, 0.05) is 7.05 Å². The monoisotopic (exact) mass is 344 g/mol. The number of halogens is 1. The molecule has 2 aliphatic rings. The van der Waals surface area contributed by atoms with Crippen molar-refractivity contribution >= 4 is 35.2 Å². The number of urea groups is 1. The van der Waals surface area contributed by atoms with Gasteiger partial charge in [0.25, 0.3) is 5.91 Å². The van der Waals surface area contributed by atoms with Gasteiger partial charge in [0.15, 0.2) is 0 Å². The third kappa shape index (κ3) is 2.80. The topological polar surface area (TPSA) is 99.2 Å². The van der Waals surface area contributed by atoms with Crippen LogP contribution in [0.4, 0.5) is 14.9 Å². The lowest BCUT2D eigenvalue weighted by molar-refractivity contribution is -0.139. The Morgan fingerprint density at radius 1 is 1.16 bits per heavy atom. The number of carbonyl (C=O) groups is 4. The molecule has 1 fully saturated rings. The highest BCUT2D eigenvalue weighted by Crippen LogP contribution is 2.25. The second-order valence-corrected chi connectivity index (χ2v) is 5.53. The van der Waals surface area contributed by atoms with Gasteiger partial charge >= 0.3 is 6.03 Å². The molecule has 1 unspecified atom stereocenters. The van der Waals surface area contributed by atoms with Crippen LogP contribution in [0.2, 0.25) is 0 Å². The van der Waals surface area contributed by atoms with E-state index in [4.69, 9.17) is 0 Å². The Labute approximate surface area is 141 Å². The van der Waals surface area contributed by atoms with Gasteiger partial charge in [0.1, 0.15) is 11.7 Å². The molecule has 8 nitrogen and oxygen atoms in total. The predicted octanol–water partition coefficient (Wildman–Crippen LogP) is 0.799. The SMILES string of the molecule is CC1=NN(c2ccc(F)cc2)C(=O)/C1=C\C1C(=O)NC(=O)N(C)C1=O. The first-order valence-corrected chi connectivity index (χ1v) is 7.29. The Kier molecular flexibility index (Phi) is 3.91. The number of rotatable bonds is 2. The van der Waals surface area contributed by atoms with Gasteiger partial charge < -0.3 is 0 Å². The molecule has 0 radical (unpaired) electrons. The molecule has 0 spiro atoms. The van der Waals surface area contributed by atoms with E-state index in [0.29, 0.717) is 11.4 Å². The van der Waals surface area contributed by atoms with Crippen LogP contribution in [0.5, 0.6) is 0 Å². The van der Waals surface area contributed by atoms with Gasteiger partial charge in [-0.3, -0.25) is 24.6 Å². The quantitative estimate of drug-likeness (QED) is 0.633. The highest BCUT2D eigenvalue weighted by molar-refractivity contribution is 6.30. The van der Waals surface area contributed by atoms with Crippen molar-refractivity contribution < 1.29 is 23.6 Å². The molecule has 0 aromatic heterocycles. The largest absolute Gasteiger partial charge is 0.330 e. The van der Waals surface area contributed by atoms with Gasteiger partial charge in [-0.2, -0.15) is 10.1 Å². The maximum absolute atomic E-state index is 13.0. The molecule has 128 valence electrons. The minimum absolute atomic E-state index is 0.0700. The van der Waals surface area contributed by atoms with Crippen molar-refractivity contribution in [1.82, 2.24) is 10.2 Å². The van der Waals surface area contributed by atoms with Crippen molar-refractivity contribution in [3.8, 4) is 0 Å². The molecule has 25 heavy (non-hydrogen) atoms. The van der Waals surface area contributed by atoms with Crippen LogP contribution in [0.1, 0.15) is 6.92 Å². The molecule has 0 saturated carbocycles. The number of carbonyl (C=O) groups excluding carboxylic acids is 4. The minimum Gasteiger partial charge on any atom is -0.277 e. The van der Waals surface area contributed by atoms with Crippen molar-refractivity contribution in [3.63, 3.8) is 0 Å². The summed E-state index contributed by atoms with van der Waals surface area (Å²) in [6.45, 7) is 1.55. The first-order chi connectivity index (χ1) is 11.8. The Morgan fingerprint density at radius 3 is 2.44 bits per heavy atom. The number of hydrazone groups is 1. The average Bonchev–Trinajstić information content (AvgIpc) is 2.85. The summed E-state index contributed by atoms with van der Waals surface area (Å²) in [7, 11) is 1.23. The summed E-state index contributed by atoms with van der Waals surface area (Å²) in [5.41, 5.74) is 0.718. The first kappa shape index (κ1) is 16.5. The number of anilines is 1. The molecule has 1 N–H and O–H groups in total. The number of barbiturate groups is 1. The Morgan fingerprint density at radius 2 is 1.80 bits per heavy atom. The molecule has 0 aliphatic carbocycles. The van der Waals surface area contributed by atoms with Crippen molar-refractivity contribution in [2.75, 3.05) is 12.1 Å². The summed E-state index contributed by atoms with van der Waals surface area (Å²) in [4.78, 5) is 48.8. The number of hydrogen-bond acceptors (Lipinski definition) is 5. The number of nitrogens with zero attached hydrogens (tertiary/aromatic N) is 3. The van der Waals surface area contributed by atoms with Crippen LogP contribution < -0.4 is 10.3 Å². The van der Waals surface area contributed by atoms with Gasteiger partial charge in [0.05, 0.1) is 17.0 Å².